The van der Waals surface area contributed by atoms with Crippen molar-refractivity contribution in [1.29, 1.82) is 0 Å². The summed E-state index contributed by atoms with van der Waals surface area (Å²) in [5.41, 5.74) is 5.75. The Morgan fingerprint density at radius 1 is 0.935 bits per heavy atom. The van der Waals surface area contributed by atoms with E-state index in [4.69, 9.17) is 14.6 Å². The minimum Gasteiger partial charge on any atom is -0.481 e. The summed E-state index contributed by atoms with van der Waals surface area (Å²) in [6, 6.07) is 24.0. The smallest absolute Gasteiger partial charge is 0.303 e. The summed E-state index contributed by atoms with van der Waals surface area (Å²) in [7, 11) is 1.81. The molecule has 0 unspecified atom stereocenters. The molecule has 0 radical (unpaired) electrons. The third kappa shape index (κ3) is 9.46. The molecule has 5 rings (SSSR count). The van der Waals surface area contributed by atoms with Crippen molar-refractivity contribution in [2.75, 3.05) is 5.75 Å². The van der Waals surface area contributed by atoms with E-state index >= 15 is 0 Å². The van der Waals surface area contributed by atoms with E-state index in [1.54, 1.807) is 4.68 Å². The number of carbonyl (C=O) groups excluding carboxylic acids is 1. The van der Waals surface area contributed by atoms with Crippen LogP contribution in [-0.2, 0) is 39.3 Å². The van der Waals surface area contributed by atoms with Crippen LogP contribution in [0, 0.1) is 0 Å². The molecule has 1 fully saturated rings. The Bertz CT molecular complexity index is 1600. The van der Waals surface area contributed by atoms with Gasteiger partial charge in [0.2, 0.25) is 11.1 Å². The first-order valence-corrected chi connectivity index (χ1v) is 16.4. The van der Waals surface area contributed by atoms with Crippen molar-refractivity contribution >= 4 is 23.6 Å². The molecular formula is C34H39N5O6S. The van der Waals surface area contributed by atoms with E-state index in [0.717, 1.165) is 39.8 Å². The first-order valence-electron chi connectivity index (χ1n) is 15.4. The Kier molecular flexibility index (Phi) is 11.9. The minimum atomic E-state index is -0.807. The normalized spacial score (nSPS) is 17.9. The molecule has 46 heavy (non-hydrogen) atoms. The number of carboxylic acids is 1. The van der Waals surface area contributed by atoms with Crippen LogP contribution in [0.15, 0.2) is 78.0 Å². The number of tetrazole rings is 1. The maximum Gasteiger partial charge on any atom is 0.303 e. The Balaban J connectivity index is 1.26. The van der Waals surface area contributed by atoms with Gasteiger partial charge in [-0.3, -0.25) is 9.59 Å². The van der Waals surface area contributed by atoms with Gasteiger partial charge in [-0.1, -0.05) is 78.8 Å². The summed E-state index contributed by atoms with van der Waals surface area (Å²) in [4.78, 5) is 23.0. The van der Waals surface area contributed by atoms with Crippen LogP contribution in [0.4, 0.5) is 0 Å². The molecule has 242 valence electrons. The van der Waals surface area contributed by atoms with Crippen LogP contribution >= 0.6 is 11.8 Å². The molecular weight excluding hydrogens is 606 g/mol. The summed E-state index contributed by atoms with van der Waals surface area (Å²) >= 11 is 1.54. The number of hydrogen-bond donors (Lipinski definition) is 3. The van der Waals surface area contributed by atoms with Crippen LogP contribution < -0.4 is 5.32 Å². The average Bonchev–Trinajstić information content (AvgIpc) is 3.50. The van der Waals surface area contributed by atoms with Crippen LogP contribution in [0.2, 0.25) is 0 Å². The number of hydrogen-bond acceptors (Lipinski definition) is 9. The number of aliphatic hydroxyl groups is 1. The highest BCUT2D eigenvalue weighted by atomic mass is 32.2. The number of nitrogens with zero attached hydrogens (tertiary/aromatic N) is 4. The number of aryl methyl sites for hydroxylation is 1. The molecule has 3 atom stereocenters. The molecule has 0 aliphatic carbocycles. The van der Waals surface area contributed by atoms with Crippen LogP contribution in [0.5, 0.6) is 0 Å². The first-order chi connectivity index (χ1) is 22.4. The molecule has 0 spiro atoms. The number of thioether (sulfide) groups is 1. The summed E-state index contributed by atoms with van der Waals surface area (Å²) in [5, 5.41) is 33.7. The number of ether oxygens (including phenoxy) is 2. The van der Waals surface area contributed by atoms with Gasteiger partial charge in [0.1, 0.15) is 0 Å². The monoisotopic (exact) mass is 645 g/mol. The molecule has 1 saturated heterocycles. The number of nitrogens with one attached hydrogen (secondary N) is 1. The predicted molar refractivity (Wildman–Crippen MR) is 172 cm³/mol. The number of rotatable bonds is 15. The van der Waals surface area contributed by atoms with Crippen LogP contribution in [0.1, 0.15) is 73.2 Å². The second kappa shape index (κ2) is 16.5. The van der Waals surface area contributed by atoms with Crippen LogP contribution in [-0.4, -0.2) is 54.2 Å². The topological polar surface area (TPSA) is 149 Å². The van der Waals surface area contributed by atoms with Gasteiger partial charge >= 0.3 is 5.97 Å². The summed E-state index contributed by atoms with van der Waals surface area (Å²) in [5.74, 6) is -0.202. The lowest BCUT2D eigenvalue weighted by Gasteiger charge is -2.36. The van der Waals surface area contributed by atoms with Crippen molar-refractivity contribution in [3.8, 4) is 11.1 Å². The van der Waals surface area contributed by atoms with Gasteiger partial charge in [0.15, 0.2) is 6.29 Å². The fourth-order valence-electron chi connectivity index (χ4n) is 5.29. The number of aromatic nitrogens is 4. The summed E-state index contributed by atoms with van der Waals surface area (Å²) < 4.78 is 14.7. The second-order valence-corrected chi connectivity index (χ2v) is 12.3. The minimum absolute atomic E-state index is 0.0148. The van der Waals surface area contributed by atoms with Crippen molar-refractivity contribution in [1.82, 2.24) is 25.5 Å². The van der Waals surface area contributed by atoms with Crippen LogP contribution in [0.3, 0.4) is 0 Å². The Morgan fingerprint density at radius 3 is 2.43 bits per heavy atom. The molecule has 12 heteroatoms. The fourth-order valence-corrected chi connectivity index (χ4v) is 6.15. The lowest BCUT2D eigenvalue weighted by Crippen LogP contribution is -2.31. The van der Waals surface area contributed by atoms with Gasteiger partial charge in [-0.2, -0.15) is 0 Å². The highest BCUT2D eigenvalue weighted by Crippen LogP contribution is 2.40. The van der Waals surface area contributed by atoms with Gasteiger partial charge < -0.3 is 25.0 Å². The number of amides is 1. The molecule has 1 amide bonds. The molecule has 3 aromatic carbocycles. The number of unbranched alkanes of at least 4 members (excludes halogenated alkanes) is 2. The zero-order valence-electron chi connectivity index (χ0n) is 25.7. The lowest BCUT2D eigenvalue weighted by atomic mass is 9.99. The van der Waals surface area contributed by atoms with Gasteiger partial charge in [-0.05, 0) is 63.2 Å². The van der Waals surface area contributed by atoms with E-state index in [0.29, 0.717) is 43.1 Å². The molecule has 2 heterocycles. The van der Waals surface area contributed by atoms with E-state index in [9.17, 15) is 14.7 Å². The van der Waals surface area contributed by atoms with Crippen molar-refractivity contribution < 1.29 is 29.3 Å². The number of aliphatic carboxylic acids is 1. The van der Waals surface area contributed by atoms with E-state index in [1.165, 1.54) is 11.8 Å². The van der Waals surface area contributed by atoms with E-state index in [2.05, 4.69) is 33.0 Å². The lowest BCUT2D eigenvalue weighted by molar-refractivity contribution is -0.245. The largest absolute Gasteiger partial charge is 0.481 e. The number of carbonyl (C=O) groups is 2. The van der Waals surface area contributed by atoms with Gasteiger partial charge in [0.25, 0.3) is 0 Å². The average molecular weight is 646 g/mol. The third-order valence-corrected chi connectivity index (χ3v) is 8.94. The SMILES string of the molecule is Cn1nnnc1SC[C@H]1C[C@@H](c2ccc(CO)cc2)O[C@@H](c2cccc(-c3cccc(CNC(=O)CCCCCC(=O)O)c3)c2)O1. The van der Waals surface area contributed by atoms with Crippen molar-refractivity contribution in [3.63, 3.8) is 0 Å². The second-order valence-electron chi connectivity index (χ2n) is 11.3. The molecule has 3 N–H and O–H groups in total. The quantitative estimate of drug-likeness (QED) is 0.114. The van der Waals surface area contributed by atoms with Gasteiger partial charge in [0.05, 0.1) is 18.8 Å². The van der Waals surface area contributed by atoms with Crippen LogP contribution in [0.25, 0.3) is 11.1 Å². The molecule has 1 aromatic heterocycles. The third-order valence-electron chi connectivity index (χ3n) is 7.80. The van der Waals surface area contributed by atoms with E-state index in [-0.39, 0.29) is 31.1 Å². The number of aliphatic hydroxyl groups excluding tert-OH is 1. The van der Waals surface area contributed by atoms with E-state index < -0.39 is 12.3 Å². The van der Waals surface area contributed by atoms with Gasteiger partial charge in [-0.25, -0.2) is 4.68 Å². The summed E-state index contributed by atoms with van der Waals surface area (Å²) in [6.45, 7) is 0.395. The van der Waals surface area contributed by atoms with Crippen molar-refractivity contribution in [2.24, 2.45) is 7.05 Å². The molecule has 1 aliphatic heterocycles. The highest BCUT2D eigenvalue weighted by Gasteiger charge is 2.32. The van der Waals surface area contributed by atoms with Crippen molar-refractivity contribution in [3.05, 3.63) is 95.1 Å². The number of benzene rings is 3. The van der Waals surface area contributed by atoms with E-state index in [1.807, 2.05) is 67.7 Å². The first kappa shape index (κ1) is 33.3. The maximum absolute atomic E-state index is 12.3. The van der Waals surface area contributed by atoms with Crippen molar-refractivity contribution in [2.45, 2.75) is 75.3 Å². The zero-order valence-corrected chi connectivity index (χ0v) is 26.6. The fraction of sp³-hybridized carbons (Fsp3) is 0.382. The zero-order chi connectivity index (χ0) is 32.3. The standard InChI is InChI=1S/C34H39N5O6S/c1-39-34(36-37-38-39)46-22-29-19-30(25-15-13-23(21-40)14-16-25)45-33(44-29)28-10-6-9-27(18-28)26-8-5-7-24(17-26)20-35-31(41)11-3-2-4-12-32(42)43/h5-10,13-18,29-30,33,40H,2-4,11-12,19-22H2,1H3,(H,35,41)(H,42,43)/t29-,30+,33+/m1/s1. The highest BCUT2D eigenvalue weighted by molar-refractivity contribution is 7.99. The molecule has 0 saturated carbocycles. The maximum atomic E-state index is 12.3. The molecule has 1 aliphatic rings. The Morgan fingerprint density at radius 2 is 1.70 bits per heavy atom. The Hall–Kier alpha value is -4.10. The van der Waals surface area contributed by atoms with Gasteiger partial charge in [-0.15, -0.1) is 5.10 Å². The summed E-state index contributed by atoms with van der Waals surface area (Å²) in [6.07, 6.45) is 2.20. The van der Waals surface area contributed by atoms with Gasteiger partial charge in [0, 0.05) is 44.2 Å². The predicted octanol–water partition coefficient (Wildman–Crippen LogP) is 5.36. The molecule has 4 aromatic rings. The Labute approximate surface area is 272 Å². The number of carboxylic acid groups (broad SMARTS) is 1. The molecule has 0 bridgehead atoms. The molecule has 11 nitrogen and oxygen atoms in total.